The Labute approximate surface area is 169 Å². The molecular weight excluding hydrogens is 360 g/mol. The zero-order valence-electron chi connectivity index (χ0n) is 16.1. The van der Waals surface area contributed by atoms with Crippen molar-refractivity contribution in [1.29, 1.82) is 0 Å². The van der Waals surface area contributed by atoms with Crippen molar-refractivity contribution < 1.29 is 13.7 Å². The molecule has 29 heavy (non-hydrogen) atoms. The van der Waals surface area contributed by atoms with Crippen LogP contribution in [0.3, 0.4) is 0 Å². The maximum absolute atomic E-state index is 2.17. The SMILES string of the molecule is c1ccc(-n2cc[n+](Cn3cc[n+](C[n+]4ccn(-c5ccccc5)c4)c3)c2)cc1. The molecular formula is C23H23N6+3. The topological polar surface area (TPSA) is 26.4 Å². The molecule has 0 spiro atoms. The molecule has 0 saturated heterocycles. The van der Waals surface area contributed by atoms with Gasteiger partial charge in [0.05, 0.1) is 0 Å². The molecule has 3 heterocycles. The Morgan fingerprint density at radius 3 is 1.72 bits per heavy atom. The van der Waals surface area contributed by atoms with Gasteiger partial charge in [-0.15, -0.1) is 0 Å². The van der Waals surface area contributed by atoms with Gasteiger partial charge in [0.1, 0.15) is 48.6 Å². The van der Waals surface area contributed by atoms with Gasteiger partial charge < -0.3 is 0 Å². The van der Waals surface area contributed by atoms with E-state index < -0.39 is 0 Å². The molecule has 5 rings (SSSR count). The minimum Gasteiger partial charge on any atom is -0.202 e. The van der Waals surface area contributed by atoms with Crippen molar-refractivity contribution in [1.82, 2.24) is 13.7 Å². The van der Waals surface area contributed by atoms with E-state index in [1.54, 1.807) is 0 Å². The Kier molecular flexibility index (Phi) is 4.50. The van der Waals surface area contributed by atoms with Crippen LogP contribution in [0.5, 0.6) is 0 Å². The van der Waals surface area contributed by atoms with Crippen LogP contribution in [0.2, 0.25) is 0 Å². The minimum atomic E-state index is 0.766. The van der Waals surface area contributed by atoms with Crippen LogP contribution in [0.25, 0.3) is 11.4 Å². The maximum Gasteiger partial charge on any atom is 0.252 e. The lowest BCUT2D eigenvalue weighted by Crippen LogP contribution is -2.49. The second-order valence-corrected chi connectivity index (χ2v) is 7.07. The summed E-state index contributed by atoms with van der Waals surface area (Å²) in [4.78, 5) is 0. The van der Waals surface area contributed by atoms with Gasteiger partial charge in [0.25, 0.3) is 12.7 Å². The third-order valence-electron chi connectivity index (χ3n) is 4.89. The van der Waals surface area contributed by atoms with Crippen LogP contribution in [0.1, 0.15) is 0 Å². The quantitative estimate of drug-likeness (QED) is 0.401. The number of benzene rings is 2. The fourth-order valence-corrected chi connectivity index (χ4v) is 3.44. The molecule has 2 aromatic carbocycles. The molecule has 6 nitrogen and oxygen atoms in total. The number of imidazole rings is 3. The molecule has 0 aliphatic carbocycles. The summed E-state index contributed by atoms with van der Waals surface area (Å²) in [6.07, 6.45) is 18.9. The number of rotatable bonds is 6. The van der Waals surface area contributed by atoms with E-state index in [1.807, 2.05) is 12.1 Å². The first-order chi connectivity index (χ1) is 14.3. The maximum atomic E-state index is 2.17. The van der Waals surface area contributed by atoms with Crippen LogP contribution < -0.4 is 13.7 Å². The fraction of sp³-hybridized carbons (Fsp3) is 0.0870. The first kappa shape index (κ1) is 17.2. The molecule has 0 bridgehead atoms. The number of aromatic nitrogens is 6. The first-order valence-corrected chi connectivity index (χ1v) is 9.63. The van der Waals surface area contributed by atoms with E-state index in [1.165, 1.54) is 0 Å². The fourth-order valence-electron chi connectivity index (χ4n) is 3.44. The van der Waals surface area contributed by atoms with E-state index in [0.29, 0.717) is 0 Å². The molecule has 0 amide bonds. The van der Waals surface area contributed by atoms with E-state index in [0.717, 1.165) is 24.7 Å². The number of hydrogen-bond donors (Lipinski definition) is 0. The predicted molar refractivity (Wildman–Crippen MR) is 107 cm³/mol. The second kappa shape index (κ2) is 7.59. The van der Waals surface area contributed by atoms with Crippen molar-refractivity contribution >= 4 is 0 Å². The summed E-state index contributed by atoms with van der Waals surface area (Å²) < 4.78 is 12.9. The monoisotopic (exact) mass is 383 g/mol. The summed E-state index contributed by atoms with van der Waals surface area (Å²) >= 11 is 0. The molecule has 5 aromatic rings. The largest absolute Gasteiger partial charge is 0.252 e. The molecule has 0 radical (unpaired) electrons. The van der Waals surface area contributed by atoms with Gasteiger partial charge in [0.2, 0.25) is 19.7 Å². The second-order valence-electron chi connectivity index (χ2n) is 7.07. The van der Waals surface area contributed by atoms with Gasteiger partial charge in [-0.25, -0.2) is 9.13 Å². The molecule has 0 aliphatic rings. The molecule has 3 aromatic heterocycles. The number of nitrogens with zero attached hydrogens (tertiary/aromatic N) is 6. The number of para-hydroxylation sites is 2. The van der Waals surface area contributed by atoms with Crippen molar-refractivity contribution in [2.24, 2.45) is 0 Å². The summed E-state index contributed by atoms with van der Waals surface area (Å²) in [6, 6.07) is 20.7. The van der Waals surface area contributed by atoms with E-state index >= 15 is 0 Å². The van der Waals surface area contributed by atoms with Crippen LogP contribution >= 0.6 is 0 Å². The van der Waals surface area contributed by atoms with Crippen LogP contribution in [0.15, 0.2) is 117 Å². The first-order valence-electron chi connectivity index (χ1n) is 9.63. The highest BCUT2D eigenvalue weighted by molar-refractivity contribution is 5.30. The zero-order valence-corrected chi connectivity index (χ0v) is 16.1. The molecule has 142 valence electrons. The van der Waals surface area contributed by atoms with Gasteiger partial charge >= 0.3 is 0 Å². The van der Waals surface area contributed by atoms with Crippen LogP contribution in [0, 0.1) is 0 Å². The van der Waals surface area contributed by atoms with Crippen molar-refractivity contribution in [3.63, 3.8) is 0 Å². The Balaban J connectivity index is 1.26. The third-order valence-corrected chi connectivity index (χ3v) is 4.89. The predicted octanol–water partition coefficient (Wildman–Crippen LogP) is 1.94. The molecule has 0 fully saturated rings. The normalized spacial score (nSPS) is 11.0. The Morgan fingerprint density at radius 1 is 0.552 bits per heavy atom. The smallest absolute Gasteiger partial charge is 0.202 e. The lowest BCUT2D eigenvalue weighted by atomic mass is 10.3. The average Bonchev–Trinajstić information content (AvgIpc) is 3.52. The summed E-state index contributed by atoms with van der Waals surface area (Å²) in [6.45, 7) is 1.53. The lowest BCUT2D eigenvalue weighted by Gasteiger charge is -1.95. The summed E-state index contributed by atoms with van der Waals surface area (Å²) in [5.74, 6) is 0. The van der Waals surface area contributed by atoms with Crippen molar-refractivity contribution in [2.45, 2.75) is 13.3 Å². The van der Waals surface area contributed by atoms with Gasteiger partial charge in [-0.1, -0.05) is 36.4 Å². The van der Waals surface area contributed by atoms with Crippen molar-refractivity contribution in [2.75, 3.05) is 0 Å². The summed E-state index contributed by atoms with van der Waals surface area (Å²) in [5.41, 5.74) is 2.32. The van der Waals surface area contributed by atoms with Crippen LogP contribution in [0.4, 0.5) is 0 Å². The molecule has 6 heteroatoms. The average molecular weight is 383 g/mol. The van der Waals surface area contributed by atoms with Gasteiger partial charge in [0, 0.05) is 0 Å². The van der Waals surface area contributed by atoms with Gasteiger partial charge in [0.15, 0.2) is 0 Å². The molecule has 0 atom stereocenters. The Hall–Kier alpha value is -3.93. The molecule has 0 unspecified atom stereocenters. The molecule has 0 N–H and O–H groups in total. The van der Waals surface area contributed by atoms with Crippen molar-refractivity contribution in [3.05, 3.63) is 117 Å². The molecule has 0 saturated carbocycles. The molecule has 0 aliphatic heterocycles. The van der Waals surface area contributed by atoms with E-state index in [2.05, 4.69) is 132 Å². The highest BCUT2D eigenvalue weighted by atomic mass is 15.3. The van der Waals surface area contributed by atoms with E-state index in [4.69, 9.17) is 0 Å². The standard InChI is InChI=1S/C23H23N6/c1-3-7-22(8-4-1)28-15-13-26(20-28)18-24-11-12-25(17-24)19-27-14-16-29(21-27)23-9-5-2-6-10-23/h1-17,20-21H,18-19H2/q+3. The lowest BCUT2D eigenvalue weighted by molar-refractivity contribution is -0.912. The summed E-state index contributed by atoms with van der Waals surface area (Å²) in [7, 11) is 0. The van der Waals surface area contributed by atoms with Gasteiger partial charge in [-0.2, -0.15) is 18.3 Å². The minimum absolute atomic E-state index is 0.766. The summed E-state index contributed by atoms with van der Waals surface area (Å²) in [5, 5.41) is 0. The Morgan fingerprint density at radius 2 is 1.07 bits per heavy atom. The van der Waals surface area contributed by atoms with E-state index in [-0.39, 0.29) is 0 Å². The van der Waals surface area contributed by atoms with Crippen LogP contribution in [-0.4, -0.2) is 13.7 Å². The van der Waals surface area contributed by atoms with Crippen LogP contribution in [-0.2, 0) is 13.3 Å². The number of hydrogen-bond acceptors (Lipinski definition) is 0. The Bertz CT molecular complexity index is 1110. The van der Waals surface area contributed by atoms with E-state index in [9.17, 15) is 0 Å². The van der Waals surface area contributed by atoms with Gasteiger partial charge in [-0.3, -0.25) is 0 Å². The highest BCUT2D eigenvalue weighted by Gasteiger charge is 2.12. The van der Waals surface area contributed by atoms with Gasteiger partial charge in [-0.05, 0) is 24.3 Å². The third kappa shape index (κ3) is 3.87. The zero-order chi connectivity index (χ0) is 19.5. The van der Waals surface area contributed by atoms with Crippen molar-refractivity contribution in [3.8, 4) is 11.4 Å². The highest BCUT2D eigenvalue weighted by Crippen LogP contribution is 2.05.